The van der Waals surface area contributed by atoms with Crippen molar-refractivity contribution in [2.75, 3.05) is 0 Å². The molecule has 0 saturated heterocycles. The minimum absolute atomic E-state index is 0.508. The van der Waals surface area contributed by atoms with Crippen molar-refractivity contribution in [3.8, 4) is 0 Å². The summed E-state index contributed by atoms with van der Waals surface area (Å²) in [4.78, 5) is 0. The minimum atomic E-state index is -0.508. The van der Waals surface area contributed by atoms with Gasteiger partial charge < -0.3 is 5.11 Å². The normalized spacial score (nSPS) is 41.3. The number of benzene rings is 1. The third-order valence-corrected chi connectivity index (χ3v) is 5.81. The summed E-state index contributed by atoms with van der Waals surface area (Å²) in [5, 5.41) is 11.0. The molecule has 0 aliphatic heterocycles. The van der Waals surface area contributed by atoms with E-state index in [1.807, 2.05) is 0 Å². The first kappa shape index (κ1) is 11.0. The maximum Gasteiger partial charge on any atom is 0.0905 e. The molecule has 1 nitrogen and oxygen atoms in total. The summed E-state index contributed by atoms with van der Waals surface area (Å²) in [5.74, 6) is 2.70. The SMILES string of the molecule is OC1(CC2CC3CCC2C3)CCc2ccccc21. The minimum Gasteiger partial charge on any atom is -0.385 e. The molecular weight excluding hydrogens is 220 g/mol. The largest absolute Gasteiger partial charge is 0.385 e. The Morgan fingerprint density at radius 1 is 1.17 bits per heavy atom. The quantitative estimate of drug-likeness (QED) is 0.839. The van der Waals surface area contributed by atoms with Crippen molar-refractivity contribution < 1.29 is 5.11 Å². The highest BCUT2D eigenvalue weighted by molar-refractivity contribution is 5.37. The van der Waals surface area contributed by atoms with Crippen LogP contribution in [0.5, 0.6) is 0 Å². The van der Waals surface area contributed by atoms with Crippen molar-refractivity contribution in [3.63, 3.8) is 0 Å². The van der Waals surface area contributed by atoms with Crippen LogP contribution in [0.15, 0.2) is 24.3 Å². The molecule has 0 heterocycles. The molecule has 1 aromatic carbocycles. The molecule has 3 aliphatic carbocycles. The third-order valence-electron chi connectivity index (χ3n) is 5.81. The van der Waals surface area contributed by atoms with Crippen molar-refractivity contribution >= 4 is 0 Å². The highest BCUT2D eigenvalue weighted by atomic mass is 16.3. The van der Waals surface area contributed by atoms with Crippen LogP contribution in [-0.4, -0.2) is 5.11 Å². The molecule has 1 N–H and O–H groups in total. The van der Waals surface area contributed by atoms with E-state index in [4.69, 9.17) is 0 Å². The fourth-order valence-electron chi connectivity index (χ4n) is 4.94. The second-order valence-electron chi connectivity index (χ2n) is 6.83. The molecule has 2 fully saturated rings. The first-order chi connectivity index (χ1) is 8.74. The van der Waals surface area contributed by atoms with E-state index in [1.54, 1.807) is 0 Å². The van der Waals surface area contributed by atoms with E-state index in [0.717, 1.165) is 37.0 Å². The highest BCUT2D eigenvalue weighted by Crippen LogP contribution is 2.53. The van der Waals surface area contributed by atoms with E-state index >= 15 is 0 Å². The van der Waals surface area contributed by atoms with E-state index < -0.39 is 5.60 Å². The Kier molecular flexibility index (Phi) is 2.35. The standard InChI is InChI=1S/C17H22O/c18-17(8-7-13-3-1-2-4-16(13)17)11-15-10-12-5-6-14(15)9-12/h1-4,12,14-15,18H,5-11H2. The topological polar surface area (TPSA) is 20.2 Å². The lowest BCUT2D eigenvalue weighted by molar-refractivity contribution is 0.00417. The highest BCUT2D eigenvalue weighted by Gasteiger charge is 2.45. The molecule has 2 bridgehead atoms. The van der Waals surface area contributed by atoms with Crippen LogP contribution in [0.1, 0.15) is 49.7 Å². The first-order valence-corrected chi connectivity index (χ1v) is 7.55. The van der Waals surface area contributed by atoms with Gasteiger partial charge in [0.25, 0.3) is 0 Å². The lowest BCUT2D eigenvalue weighted by Gasteiger charge is -2.31. The monoisotopic (exact) mass is 242 g/mol. The van der Waals surface area contributed by atoms with Gasteiger partial charge in [0.2, 0.25) is 0 Å². The average molecular weight is 242 g/mol. The van der Waals surface area contributed by atoms with Gasteiger partial charge in [-0.05, 0) is 67.4 Å². The Morgan fingerprint density at radius 3 is 2.83 bits per heavy atom. The zero-order valence-corrected chi connectivity index (χ0v) is 10.9. The van der Waals surface area contributed by atoms with Gasteiger partial charge >= 0.3 is 0 Å². The number of aryl methyl sites for hydroxylation is 1. The van der Waals surface area contributed by atoms with Crippen molar-refractivity contribution in [1.29, 1.82) is 0 Å². The maximum absolute atomic E-state index is 11.0. The maximum atomic E-state index is 11.0. The summed E-state index contributed by atoms with van der Waals surface area (Å²) in [6.45, 7) is 0. The fraction of sp³-hybridized carbons (Fsp3) is 0.647. The summed E-state index contributed by atoms with van der Waals surface area (Å²) in [5.41, 5.74) is 2.10. The second kappa shape index (κ2) is 3.84. The lowest BCUT2D eigenvalue weighted by atomic mass is 9.78. The predicted molar refractivity (Wildman–Crippen MR) is 72.2 cm³/mol. The van der Waals surface area contributed by atoms with Gasteiger partial charge in [0, 0.05) is 0 Å². The van der Waals surface area contributed by atoms with Crippen molar-refractivity contribution in [2.45, 2.75) is 50.5 Å². The van der Waals surface area contributed by atoms with Gasteiger partial charge in [-0.2, -0.15) is 0 Å². The van der Waals surface area contributed by atoms with E-state index in [-0.39, 0.29) is 0 Å². The predicted octanol–water partition coefficient (Wildman–Crippen LogP) is 3.65. The second-order valence-corrected chi connectivity index (χ2v) is 6.83. The van der Waals surface area contributed by atoms with Crippen LogP contribution < -0.4 is 0 Å². The molecule has 4 rings (SSSR count). The Morgan fingerprint density at radius 2 is 2.06 bits per heavy atom. The van der Waals surface area contributed by atoms with E-state index in [0.29, 0.717) is 0 Å². The van der Waals surface area contributed by atoms with Crippen LogP contribution in [0, 0.1) is 17.8 Å². The zero-order valence-electron chi connectivity index (χ0n) is 10.9. The number of aliphatic hydroxyl groups is 1. The molecule has 0 aromatic heterocycles. The molecule has 0 amide bonds. The molecule has 0 spiro atoms. The van der Waals surface area contributed by atoms with Gasteiger partial charge in [0.1, 0.15) is 0 Å². The molecule has 1 aromatic rings. The van der Waals surface area contributed by atoms with Gasteiger partial charge in [-0.1, -0.05) is 30.7 Å². The van der Waals surface area contributed by atoms with Crippen LogP contribution in [0.3, 0.4) is 0 Å². The molecule has 1 heteroatoms. The Hall–Kier alpha value is -0.820. The molecule has 2 saturated carbocycles. The average Bonchev–Trinajstić information content (AvgIpc) is 3.06. The molecule has 18 heavy (non-hydrogen) atoms. The van der Waals surface area contributed by atoms with Gasteiger partial charge in [-0.15, -0.1) is 0 Å². The van der Waals surface area contributed by atoms with Crippen LogP contribution in [0.25, 0.3) is 0 Å². The zero-order chi connectivity index (χ0) is 12.2. The van der Waals surface area contributed by atoms with Gasteiger partial charge in [-0.25, -0.2) is 0 Å². The van der Waals surface area contributed by atoms with E-state index in [2.05, 4.69) is 24.3 Å². The Labute approximate surface area is 109 Å². The molecule has 3 aliphatic rings. The first-order valence-electron chi connectivity index (χ1n) is 7.55. The van der Waals surface area contributed by atoms with Crippen molar-refractivity contribution in [1.82, 2.24) is 0 Å². The van der Waals surface area contributed by atoms with Crippen molar-refractivity contribution in [3.05, 3.63) is 35.4 Å². The summed E-state index contributed by atoms with van der Waals surface area (Å²) >= 11 is 0. The summed E-state index contributed by atoms with van der Waals surface area (Å²) < 4.78 is 0. The molecule has 96 valence electrons. The van der Waals surface area contributed by atoms with Gasteiger partial charge in [0.15, 0.2) is 0 Å². The molecule has 4 unspecified atom stereocenters. The lowest BCUT2D eigenvalue weighted by Crippen LogP contribution is -2.28. The fourth-order valence-corrected chi connectivity index (χ4v) is 4.94. The summed E-state index contributed by atoms with van der Waals surface area (Å²) in [6, 6.07) is 8.52. The van der Waals surface area contributed by atoms with E-state index in [9.17, 15) is 5.11 Å². The summed E-state index contributed by atoms with van der Waals surface area (Å²) in [7, 11) is 0. The number of rotatable bonds is 2. The smallest absolute Gasteiger partial charge is 0.0905 e. The van der Waals surface area contributed by atoms with Crippen LogP contribution in [0.2, 0.25) is 0 Å². The van der Waals surface area contributed by atoms with Crippen LogP contribution in [0.4, 0.5) is 0 Å². The summed E-state index contributed by atoms with van der Waals surface area (Å²) in [6.07, 6.45) is 8.74. The Balaban J connectivity index is 1.58. The van der Waals surface area contributed by atoms with E-state index in [1.165, 1.54) is 36.8 Å². The van der Waals surface area contributed by atoms with Gasteiger partial charge in [-0.3, -0.25) is 0 Å². The third kappa shape index (κ3) is 1.56. The molecule has 0 radical (unpaired) electrons. The number of hydrogen-bond donors (Lipinski definition) is 1. The molecular formula is C17H22O. The molecule has 4 atom stereocenters. The van der Waals surface area contributed by atoms with Crippen molar-refractivity contribution in [2.24, 2.45) is 17.8 Å². The van der Waals surface area contributed by atoms with Crippen LogP contribution in [-0.2, 0) is 12.0 Å². The number of fused-ring (bicyclic) bond motifs is 3. The number of hydrogen-bond acceptors (Lipinski definition) is 1. The van der Waals surface area contributed by atoms with Crippen LogP contribution >= 0.6 is 0 Å². The Bertz CT molecular complexity index is 466. The van der Waals surface area contributed by atoms with Gasteiger partial charge in [0.05, 0.1) is 5.60 Å².